The normalized spacial score (nSPS) is 11.9. The maximum absolute atomic E-state index is 12.1. The Hall–Kier alpha value is -0.320. The number of rotatable bonds is 6. The van der Waals surface area contributed by atoms with Gasteiger partial charge in [-0.15, -0.1) is 22.7 Å². The van der Waals surface area contributed by atoms with Crippen LogP contribution in [0.3, 0.4) is 0 Å². The van der Waals surface area contributed by atoms with E-state index in [0.29, 0.717) is 21.6 Å². The lowest BCUT2D eigenvalue weighted by Gasteiger charge is -2.04. The van der Waals surface area contributed by atoms with Crippen LogP contribution in [0.25, 0.3) is 0 Å². The Morgan fingerprint density at radius 3 is 2.80 bits per heavy atom. The largest absolute Gasteiger partial charge is 0.391 e. The van der Waals surface area contributed by atoms with Crippen LogP contribution >= 0.6 is 38.6 Å². The third kappa shape index (κ3) is 3.86. The van der Waals surface area contributed by atoms with Crippen LogP contribution in [0.5, 0.6) is 0 Å². The number of aliphatic hydroxyl groups is 1. The number of nitrogens with one attached hydrogen (secondary N) is 1. The molecule has 0 bridgehead atoms. The predicted molar refractivity (Wildman–Crippen MR) is 83.7 cm³/mol. The van der Waals surface area contributed by atoms with E-state index in [1.165, 1.54) is 28.7 Å². The number of hydrogen-bond donors (Lipinski definition) is 2. The number of halogens is 1. The molecule has 0 aliphatic rings. The molecule has 2 N–H and O–H groups in total. The van der Waals surface area contributed by atoms with Crippen molar-refractivity contribution in [3.05, 3.63) is 30.8 Å². The van der Waals surface area contributed by atoms with E-state index in [1.807, 2.05) is 12.3 Å². The molecule has 2 aromatic rings. The molecule has 0 aromatic carbocycles. The molecule has 20 heavy (non-hydrogen) atoms. The summed E-state index contributed by atoms with van der Waals surface area (Å²) in [7, 11) is -3.56. The van der Waals surface area contributed by atoms with Gasteiger partial charge < -0.3 is 5.11 Å². The smallest absolute Gasteiger partial charge is 0.242 e. The van der Waals surface area contributed by atoms with Gasteiger partial charge in [-0.2, -0.15) is 0 Å². The van der Waals surface area contributed by atoms with Gasteiger partial charge in [0.2, 0.25) is 10.0 Å². The van der Waals surface area contributed by atoms with Gasteiger partial charge in [0.1, 0.15) is 4.90 Å². The lowest BCUT2D eigenvalue weighted by atomic mass is 10.4. The monoisotopic (exact) mass is 396 g/mol. The highest BCUT2D eigenvalue weighted by Crippen LogP contribution is 2.31. The molecule has 0 saturated heterocycles. The maximum Gasteiger partial charge on any atom is 0.242 e. The Labute approximate surface area is 133 Å². The third-order valence-electron chi connectivity index (χ3n) is 2.45. The van der Waals surface area contributed by atoms with Gasteiger partial charge in [-0.3, -0.25) is 0 Å². The summed E-state index contributed by atoms with van der Waals surface area (Å²) >= 11 is 5.94. The van der Waals surface area contributed by atoms with Crippen molar-refractivity contribution in [3.63, 3.8) is 0 Å². The summed E-state index contributed by atoms with van der Waals surface area (Å²) < 4.78 is 27.3. The van der Waals surface area contributed by atoms with Gasteiger partial charge in [-0.25, -0.2) is 18.1 Å². The van der Waals surface area contributed by atoms with Crippen molar-refractivity contribution in [2.45, 2.75) is 24.8 Å². The predicted octanol–water partition coefficient (Wildman–Crippen LogP) is 2.29. The van der Waals surface area contributed by atoms with Crippen LogP contribution in [0.1, 0.15) is 15.6 Å². The number of hydrogen-bond acceptors (Lipinski definition) is 6. The van der Waals surface area contributed by atoms with E-state index in [2.05, 4.69) is 25.6 Å². The van der Waals surface area contributed by atoms with E-state index < -0.39 is 10.0 Å². The fraction of sp³-hybridized carbons (Fsp3) is 0.364. The highest BCUT2D eigenvalue weighted by Gasteiger charge is 2.20. The fourth-order valence-electron chi connectivity index (χ4n) is 1.55. The molecular formula is C11H13BrN2O3S3. The molecule has 9 heteroatoms. The molecule has 0 spiro atoms. The zero-order valence-electron chi connectivity index (χ0n) is 10.6. The van der Waals surface area contributed by atoms with Crippen molar-refractivity contribution in [2.75, 3.05) is 6.54 Å². The van der Waals surface area contributed by atoms with Gasteiger partial charge in [0, 0.05) is 28.9 Å². The molecule has 2 aromatic heterocycles. The van der Waals surface area contributed by atoms with Crippen molar-refractivity contribution in [3.8, 4) is 0 Å². The summed E-state index contributed by atoms with van der Waals surface area (Å²) in [4.78, 5) is 5.05. The second kappa shape index (κ2) is 6.63. The van der Waals surface area contributed by atoms with Crippen LogP contribution in [0.15, 0.2) is 20.1 Å². The van der Waals surface area contributed by atoms with E-state index in [-0.39, 0.29) is 11.5 Å². The molecule has 5 nitrogen and oxygen atoms in total. The second-order valence-electron chi connectivity index (χ2n) is 4.04. The minimum absolute atomic E-state index is 0.168. The van der Waals surface area contributed by atoms with Crippen LogP contribution in [-0.2, 0) is 23.1 Å². The molecule has 0 atom stereocenters. The first kappa shape index (κ1) is 16.1. The van der Waals surface area contributed by atoms with Crippen LogP contribution in [0.4, 0.5) is 0 Å². The molecule has 0 radical (unpaired) electrons. The molecule has 0 aliphatic carbocycles. The van der Waals surface area contributed by atoms with Crippen molar-refractivity contribution in [1.29, 1.82) is 0 Å². The van der Waals surface area contributed by atoms with Crippen molar-refractivity contribution >= 4 is 48.6 Å². The minimum atomic E-state index is -3.56. The lowest BCUT2D eigenvalue weighted by molar-refractivity contribution is 0.285. The molecule has 0 aliphatic heterocycles. The maximum atomic E-state index is 12.1. The topological polar surface area (TPSA) is 79.3 Å². The van der Waals surface area contributed by atoms with Crippen molar-refractivity contribution in [1.82, 2.24) is 9.71 Å². The van der Waals surface area contributed by atoms with Gasteiger partial charge in [0.05, 0.1) is 15.4 Å². The third-order valence-corrected chi connectivity index (χ3v) is 7.17. The van der Waals surface area contributed by atoms with Gasteiger partial charge in [0.25, 0.3) is 0 Å². The molecule has 0 unspecified atom stereocenters. The first-order valence-electron chi connectivity index (χ1n) is 5.72. The van der Waals surface area contributed by atoms with E-state index in [9.17, 15) is 8.42 Å². The number of sulfonamides is 1. The van der Waals surface area contributed by atoms with E-state index in [1.54, 1.807) is 0 Å². The summed E-state index contributed by atoms with van der Waals surface area (Å²) in [5, 5.41) is 11.9. The standard InChI is InChI=1S/C11H13BrN2O3S3/c1-7-6-18-10(14-7)2-3-13-20(16,17)9-4-8(5-15)19-11(9)12/h4,6,13,15H,2-3,5H2,1H3. The summed E-state index contributed by atoms with van der Waals surface area (Å²) in [6.07, 6.45) is 0.562. The highest BCUT2D eigenvalue weighted by atomic mass is 79.9. The number of thiazole rings is 1. The quantitative estimate of drug-likeness (QED) is 0.784. The van der Waals surface area contributed by atoms with Crippen LogP contribution < -0.4 is 4.72 Å². The molecule has 0 saturated carbocycles. The zero-order chi connectivity index (χ0) is 14.8. The highest BCUT2D eigenvalue weighted by molar-refractivity contribution is 9.11. The second-order valence-corrected chi connectivity index (χ2v) is 9.17. The van der Waals surface area contributed by atoms with Crippen molar-refractivity contribution in [2.24, 2.45) is 0 Å². The van der Waals surface area contributed by atoms with Gasteiger partial charge in [-0.05, 0) is 28.9 Å². The number of nitrogens with zero attached hydrogens (tertiary/aromatic N) is 1. The summed E-state index contributed by atoms with van der Waals surface area (Å²) in [5.41, 5.74) is 0.945. The molecule has 2 heterocycles. The number of aryl methyl sites for hydroxylation is 1. The Morgan fingerprint density at radius 2 is 2.25 bits per heavy atom. The SMILES string of the molecule is Cc1csc(CCNS(=O)(=O)c2cc(CO)sc2Br)n1. The van der Waals surface area contributed by atoms with Gasteiger partial charge >= 0.3 is 0 Å². The first-order valence-corrected chi connectivity index (χ1v) is 9.69. The summed E-state index contributed by atoms with van der Waals surface area (Å²) in [6.45, 7) is 2.03. The van der Waals surface area contributed by atoms with E-state index in [0.717, 1.165) is 10.7 Å². The summed E-state index contributed by atoms with van der Waals surface area (Å²) in [6, 6.07) is 1.48. The van der Waals surface area contributed by atoms with Crippen LogP contribution in [0, 0.1) is 6.92 Å². The number of aliphatic hydroxyl groups excluding tert-OH is 1. The molecule has 2 rings (SSSR count). The zero-order valence-corrected chi connectivity index (χ0v) is 14.6. The van der Waals surface area contributed by atoms with Crippen LogP contribution in [0.2, 0.25) is 0 Å². The summed E-state index contributed by atoms with van der Waals surface area (Å²) in [5.74, 6) is 0. The Morgan fingerprint density at radius 1 is 1.50 bits per heavy atom. The molecular weight excluding hydrogens is 384 g/mol. The molecule has 110 valence electrons. The van der Waals surface area contributed by atoms with Gasteiger partial charge in [-0.1, -0.05) is 0 Å². The van der Waals surface area contributed by atoms with Crippen molar-refractivity contribution < 1.29 is 13.5 Å². The Balaban J connectivity index is 2.01. The average molecular weight is 397 g/mol. The van der Waals surface area contributed by atoms with E-state index >= 15 is 0 Å². The fourth-order valence-corrected chi connectivity index (χ4v) is 5.89. The molecule has 0 fully saturated rings. The number of aromatic nitrogens is 1. The number of thiophene rings is 1. The Kier molecular flexibility index (Phi) is 5.32. The molecule has 0 amide bonds. The lowest BCUT2D eigenvalue weighted by Crippen LogP contribution is -2.25. The Bertz CT molecular complexity index is 694. The first-order chi connectivity index (χ1) is 9.42. The average Bonchev–Trinajstić information content (AvgIpc) is 2.95. The van der Waals surface area contributed by atoms with Gasteiger partial charge in [0.15, 0.2) is 0 Å². The van der Waals surface area contributed by atoms with E-state index in [4.69, 9.17) is 5.11 Å². The van der Waals surface area contributed by atoms with Crippen LogP contribution in [-0.4, -0.2) is 25.1 Å². The minimum Gasteiger partial charge on any atom is -0.391 e.